The molecule has 0 heterocycles. The Morgan fingerprint density at radius 1 is 1.03 bits per heavy atom. The highest BCUT2D eigenvalue weighted by molar-refractivity contribution is 14.1. The zero-order chi connectivity index (χ0) is 24.0. The van der Waals surface area contributed by atoms with Crippen molar-refractivity contribution in [1.82, 2.24) is 5.43 Å². The first-order valence-electron chi connectivity index (χ1n) is 9.60. The summed E-state index contributed by atoms with van der Waals surface area (Å²) in [5.41, 5.74) is 3.30. The molecular formula is C22H19IN4O5S. The van der Waals surface area contributed by atoms with Crippen molar-refractivity contribution < 1.29 is 18.1 Å². The minimum absolute atomic E-state index is 0.184. The number of hydrogen-bond donors (Lipinski definition) is 1. The second kappa shape index (κ2) is 10.5. The lowest BCUT2D eigenvalue weighted by Gasteiger charge is -2.23. The Morgan fingerprint density at radius 3 is 2.27 bits per heavy atom. The molecule has 1 N–H and O–H groups in total. The van der Waals surface area contributed by atoms with E-state index in [-0.39, 0.29) is 5.69 Å². The lowest BCUT2D eigenvalue weighted by Crippen LogP contribution is -2.40. The summed E-state index contributed by atoms with van der Waals surface area (Å²) in [4.78, 5) is 22.8. The predicted molar refractivity (Wildman–Crippen MR) is 134 cm³/mol. The molecule has 0 aromatic heterocycles. The number of carbonyl (C=O) groups is 1. The number of nitrogens with zero attached hydrogens (tertiary/aromatic N) is 3. The number of halogens is 1. The molecule has 0 unspecified atom stereocenters. The normalized spacial score (nSPS) is 11.6. The highest BCUT2D eigenvalue weighted by atomic mass is 127. The molecule has 0 radical (unpaired) electrons. The average molecular weight is 578 g/mol. The number of nitro benzene ring substituents is 1. The van der Waals surface area contributed by atoms with Crippen LogP contribution in [0, 0.1) is 13.7 Å². The molecule has 3 aromatic rings. The van der Waals surface area contributed by atoms with Gasteiger partial charge in [0.05, 0.1) is 16.3 Å². The van der Waals surface area contributed by atoms with Gasteiger partial charge in [0.15, 0.2) is 4.90 Å². The summed E-state index contributed by atoms with van der Waals surface area (Å²) in [6, 6.07) is 20.4. The number of benzene rings is 3. The summed E-state index contributed by atoms with van der Waals surface area (Å²) in [5.74, 6) is -0.703. The van der Waals surface area contributed by atoms with Crippen molar-refractivity contribution in [1.29, 1.82) is 0 Å². The molecule has 170 valence electrons. The number of hydrazone groups is 1. The maximum Gasteiger partial charge on any atom is 0.289 e. The number of carbonyl (C=O) groups excluding carboxylic acids is 1. The smallest absolute Gasteiger partial charge is 0.271 e. The fourth-order valence-electron chi connectivity index (χ4n) is 2.92. The van der Waals surface area contributed by atoms with E-state index in [0.29, 0.717) is 5.71 Å². The zero-order valence-electron chi connectivity index (χ0n) is 17.4. The van der Waals surface area contributed by atoms with Crippen LogP contribution in [0.25, 0.3) is 0 Å². The van der Waals surface area contributed by atoms with Crippen LogP contribution in [0.4, 0.5) is 11.4 Å². The molecule has 0 aliphatic heterocycles. The van der Waals surface area contributed by atoms with Gasteiger partial charge in [-0.1, -0.05) is 42.5 Å². The van der Waals surface area contributed by atoms with Crippen LogP contribution in [-0.2, 0) is 14.8 Å². The van der Waals surface area contributed by atoms with Gasteiger partial charge in [-0.2, -0.15) is 5.10 Å². The minimum Gasteiger partial charge on any atom is -0.271 e. The van der Waals surface area contributed by atoms with Crippen LogP contribution < -0.4 is 9.73 Å². The molecular weight excluding hydrogens is 559 g/mol. The third kappa shape index (κ3) is 5.93. The van der Waals surface area contributed by atoms with Crippen molar-refractivity contribution in [3.8, 4) is 0 Å². The molecule has 9 nitrogen and oxygen atoms in total. The van der Waals surface area contributed by atoms with E-state index in [4.69, 9.17) is 0 Å². The lowest BCUT2D eigenvalue weighted by molar-refractivity contribution is -0.387. The first kappa shape index (κ1) is 24.3. The maximum absolute atomic E-state index is 13.4. The SMILES string of the molecule is C/C(=N/NC(=O)CN(c1ccccc1)S(=O)(=O)c1ccccc1[N+](=O)[O-])c1ccc(I)cc1. The molecule has 3 rings (SSSR count). The third-order valence-corrected chi connectivity index (χ3v) is 7.11. The zero-order valence-corrected chi connectivity index (χ0v) is 20.4. The summed E-state index contributed by atoms with van der Waals surface area (Å²) >= 11 is 2.17. The number of hydrogen-bond acceptors (Lipinski definition) is 6. The Bertz CT molecular complexity index is 1300. The van der Waals surface area contributed by atoms with Crippen molar-refractivity contribution in [2.45, 2.75) is 11.8 Å². The molecule has 0 saturated carbocycles. The van der Waals surface area contributed by atoms with Crippen molar-refractivity contribution in [2.24, 2.45) is 5.10 Å². The van der Waals surface area contributed by atoms with Crippen molar-refractivity contribution in [3.63, 3.8) is 0 Å². The van der Waals surface area contributed by atoms with Gasteiger partial charge in [0, 0.05) is 9.64 Å². The molecule has 0 saturated heterocycles. The van der Waals surface area contributed by atoms with E-state index in [9.17, 15) is 23.3 Å². The molecule has 0 aliphatic carbocycles. The molecule has 0 atom stereocenters. The Labute approximate surface area is 204 Å². The average Bonchev–Trinajstić information content (AvgIpc) is 2.81. The van der Waals surface area contributed by atoms with E-state index in [1.807, 2.05) is 24.3 Å². The van der Waals surface area contributed by atoms with Gasteiger partial charge in [0.2, 0.25) is 0 Å². The quantitative estimate of drug-likeness (QED) is 0.188. The van der Waals surface area contributed by atoms with Gasteiger partial charge < -0.3 is 0 Å². The van der Waals surface area contributed by atoms with Crippen molar-refractivity contribution in [3.05, 3.63) is 98.1 Å². The third-order valence-electron chi connectivity index (χ3n) is 4.57. The Balaban J connectivity index is 1.91. The number of anilines is 1. The van der Waals surface area contributed by atoms with Crippen molar-refractivity contribution >= 4 is 55.6 Å². The standard InChI is InChI=1S/C22H19IN4O5S/c1-16(17-11-13-18(23)14-12-17)24-25-22(28)15-26(19-7-3-2-4-8-19)33(31,32)21-10-6-5-9-20(21)27(29)30/h2-14H,15H2,1H3,(H,25,28)/b24-16-. The summed E-state index contributed by atoms with van der Waals surface area (Å²) in [5, 5.41) is 15.5. The van der Waals surface area contributed by atoms with E-state index in [1.165, 1.54) is 24.3 Å². The van der Waals surface area contributed by atoms with Crippen LogP contribution in [0.5, 0.6) is 0 Å². The van der Waals surface area contributed by atoms with Gasteiger partial charge in [0.1, 0.15) is 6.54 Å². The van der Waals surface area contributed by atoms with Gasteiger partial charge in [-0.15, -0.1) is 0 Å². The predicted octanol–water partition coefficient (Wildman–Crippen LogP) is 3.94. The van der Waals surface area contributed by atoms with E-state index in [0.717, 1.165) is 25.6 Å². The van der Waals surface area contributed by atoms with E-state index < -0.39 is 38.0 Å². The highest BCUT2D eigenvalue weighted by Gasteiger charge is 2.33. The molecule has 0 spiro atoms. The fraction of sp³-hybridized carbons (Fsp3) is 0.0909. The van der Waals surface area contributed by atoms with Crippen LogP contribution in [0.3, 0.4) is 0 Å². The Morgan fingerprint density at radius 2 is 1.64 bits per heavy atom. The van der Waals surface area contributed by atoms with Crippen LogP contribution in [0.1, 0.15) is 12.5 Å². The van der Waals surface area contributed by atoms with Gasteiger partial charge >= 0.3 is 0 Å². The molecule has 0 bridgehead atoms. The van der Waals surface area contributed by atoms with E-state index in [1.54, 1.807) is 25.1 Å². The minimum atomic E-state index is -4.44. The number of para-hydroxylation sites is 2. The molecule has 11 heteroatoms. The number of amides is 1. The summed E-state index contributed by atoms with van der Waals surface area (Å²) in [7, 11) is -4.44. The summed E-state index contributed by atoms with van der Waals surface area (Å²) in [6.07, 6.45) is 0. The molecule has 1 amide bonds. The maximum atomic E-state index is 13.4. The van der Waals surface area contributed by atoms with Gasteiger partial charge in [-0.05, 0) is 65.4 Å². The van der Waals surface area contributed by atoms with E-state index in [2.05, 4.69) is 33.1 Å². The largest absolute Gasteiger partial charge is 0.289 e. The first-order chi connectivity index (χ1) is 15.7. The van der Waals surface area contributed by atoms with Crippen LogP contribution in [0.2, 0.25) is 0 Å². The van der Waals surface area contributed by atoms with E-state index >= 15 is 0 Å². The van der Waals surface area contributed by atoms with Gasteiger partial charge in [0.25, 0.3) is 21.6 Å². The highest BCUT2D eigenvalue weighted by Crippen LogP contribution is 2.29. The van der Waals surface area contributed by atoms with Crippen LogP contribution in [-0.4, -0.2) is 31.5 Å². The Kier molecular flexibility index (Phi) is 7.76. The van der Waals surface area contributed by atoms with Crippen molar-refractivity contribution in [2.75, 3.05) is 10.8 Å². The number of nitro groups is 1. The van der Waals surface area contributed by atoms with Crippen LogP contribution in [0.15, 0.2) is 88.9 Å². The summed E-state index contributed by atoms with van der Waals surface area (Å²) < 4.78 is 28.6. The summed E-state index contributed by atoms with van der Waals surface area (Å²) in [6.45, 7) is 1.09. The first-order valence-corrected chi connectivity index (χ1v) is 12.1. The lowest BCUT2D eigenvalue weighted by atomic mass is 10.1. The number of nitrogens with one attached hydrogen (secondary N) is 1. The second-order valence-corrected chi connectivity index (χ2v) is 9.89. The second-order valence-electron chi connectivity index (χ2n) is 6.81. The van der Waals surface area contributed by atoms with Crippen LogP contribution >= 0.6 is 22.6 Å². The topological polar surface area (TPSA) is 122 Å². The molecule has 33 heavy (non-hydrogen) atoms. The fourth-order valence-corrected chi connectivity index (χ4v) is 4.86. The monoisotopic (exact) mass is 578 g/mol. The number of rotatable bonds is 8. The molecule has 0 fully saturated rings. The number of sulfonamides is 1. The van der Waals surface area contributed by atoms with Gasteiger partial charge in [-0.25, -0.2) is 13.8 Å². The molecule has 3 aromatic carbocycles. The van der Waals surface area contributed by atoms with Gasteiger partial charge in [-0.3, -0.25) is 19.2 Å². The molecule has 0 aliphatic rings. The Hall–Kier alpha value is -3.32.